The van der Waals surface area contributed by atoms with Gasteiger partial charge in [-0.05, 0) is 49.4 Å². The maximum absolute atomic E-state index is 12.3. The number of H-pyrrole nitrogens is 1. The van der Waals surface area contributed by atoms with Gasteiger partial charge in [0.15, 0.2) is 0 Å². The van der Waals surface area contributed by atoms with Crippen molar-refractivity contribution in [2.75, 3.05) is 23.8 Å². The molecule has 0 bridgehead atoms. The molecule has 5 nitrogen and oxygen atoms in total. The van der Waals surface area contributed by atoms with E-state index >= 15 is 0 Å². The Hall–Kier alpha value is -2.82. The van der Waals surface area contributed by atoms with Crippen molar-refractivity contribution in [3.63, 3.8) is 0 Å². The fourth-order valence-corrected chi connectivity index (χ4v) is 2.27. The van der Waals surface area contributed by atoms with Gasteiger partial charge in [-0.3, -0.25) is 9.89 Å². The number of benzene rings is 2. The summed E-state index contributed by atoms with van der Waals surface area (Å²) in [7, 11) is 2.02. The molecule has 0 atom stereocenters. The number of carbonyl (C=O) groups is 1. The minimum Gasteiger partial charge on any atom is -0.375 e. The third-order valence-corrected chi connectivity index (χ3v) is 3.74. The van der Waals surface area contributed by atoms with Gasteiger partial charge in [-0.1, -0.05) is 0 Å². The van der Waals surface area contributed by atoms with Crippen molar-refractivity contribution in [2.24, 2.45) is 0 Å². The number of nitrogens with one attached hydrogen (secondary N) is 2. The molecule has 1 aromatic heterocycles. The van der Waals surface area contributed by atoms with Crippen LogP contribution in [-0.2, 0) is 0 Å². The lowest BCUT2D eigenvalue weighted by molar-refractivity contribution is 0.102. The Morgan fingerprint density at radius 3 is 2.73 bits per heavy atom. The van der Waals surface area contributed by atoms with Gasteiger partial charge in [-0.2, -0.15) is 5.10 Å². The molecule has 0 unspecified atom stereocenters. The first-order valence-electron chi connectivity index (χ1n) is 7.23. The highest BCUT2D eigenvalue weighted by atomic mass is 16.1. The molecule has 0 spiro atoms. The summed E-state index contributed by atoms with van der Waals surface area (Å²) in [6, 6.07) is 13.3. The minimum absolute atomic E-state index is 0.117. The average molecular weight is 294 g/mol. The first kappa shape index (κ1) is 14.1. The van der Waals surface area contributed by atoms with Crippen LogP contribution in [0.3, 0.4) is 0 Å². The second-order valence-electron chi connectivity index (χ2n) is 5.19. The van der Waals surface area contributed by atoms with Gasteiger partial charge in [-0.25, -0.2) is 0 Å². The largest absolute Gasteiger partial charge is 0.375 e. The van der Waals surface area contributed by atoms with E-state index in [0.29, 0.717) is 5.56 Å². The first-order valence-corrected chi connectivity index (χ1v) is 7.23. The average Bonchev–Trinajstić information content (AvgIpc) is 3.02. The van der Waals surface area contributed by atoms with Crippen LogP contribution in [0.25, 0.3) is 10.9 Å². The molecule has 0 saturated carbocycles. The molecular weight excluding hydrogens is 276 g/mol. The van der Waals surface area contributed by atoms with E-state index in [1.54, 1.807) is 6.20 Å². The summed E-state index contributed by atoms with van der Waals surface area (Å²) in [4.78, 5) is 14.4. The van der Waals surface area contributed by atoms with Crippen molar-refractivity contribution in [3.8, 4) is 0 Å². The molecule has 0 radical (unpaired) electrons. The van der Waals surface area contributed by atoms with Gasteiger partial charge in [0.2, 0.25) is 0 Å². The van der Waals surface area contributed by atoms with Crippen LogP contribution in [0.5, 0.6) is 0 Å². The summed E-state index contributed by atoms with van der Waals surface area (Å²) < 4.78 is 0. The number of nitrogens with zero attached hydrogens (tertiary/aromatic N) is 2. The third-order valence-electron chi connectivity index (χ3n) is 3.74. The van der Waals surface area contributed by atoms with E-state index in [0.717, 1.165) is 28.8 Å². The van der Waals surface area contributed by atoms with Crippen LogP contribution in [0.1, 0.15) is 17.3 Å². The van der Waals surface area contributed by atoms with Gasteiger partial charge in [0.1, 0.15) is 0 Å². The van der Waals surface area contributed by atoms with Crippen LogP contribution in [0.15, 0.2) is 48.7 Å². The summed E-state index contributed by atoms with van der Waals surface area (Å²) in [5, 5.41) is 10.7. The molecule has 0 fully saturated rings. The van der Waals surface area contributed by atoms with Crippen molar-refractivity contribution in [3.05, 3.63) is 54.2 Å². The van der Waals surface area contributed by atoms with Gasteiger partial charge < -0.3 is 10.2 Å². The minimum atomic E-state index is -0.117. The van der Waals surface area contributed by atoms with Crippen LogP contribution < -0.4 is 10.2 Å². The topological polar surface area (TPSA) is 61.0 Å². The molecule has 1 amide bonds. The molecular formula is C17H18N4O. The van der Waals surface area contributed by atoms with E-state index in [2.05, 4.69) is 27.3 Å². The molecule has 3 rings (SSSR count). The number of anilines is 2. The van der Waals surface area contributed by atoms with Crippen molar-refractivity contribution >= 4 is 28.2 Å². The summed E-state index contributed by atoms with van der Waals surface area (Å²) in [5.74, 6) is -0.117. The molecule has 2 N–H and O–H groups in total. The Morgan fingerprint density at radius 2 is 2.00 bits per heavy atom. The summed E-state index contributed by atoms with van der Waals surface area (Å²) in [6.45, 7) is 3.02. The third kappa shape index (κ3) is 2.79. The van der Waals surface area contributed by atoms with Crippen LogP contribution in [0.2, 0.25) is 0 Å². The molecule has 5 heteroatoms. The van der Waals surface area contributed by atoms with Gasteiger partial charge in [0.25, 0.3) is 5.91 Å². The van der Waals surface area contributed by atoms with E-state index in [4.69, 9.17) is 0 Å². The van der Waals surface area contributed by atoms with Crippen LogP contribution in [0.4, 0.5) is 11.4 Å². The Labute approximate surface area is 128 Å². The zero-order valence-corrected chi connectivity index (χ0v) is 12.6. The highest BCUT2D eigenvalue weighted by molar-refractivity contribution is 6.05. The number of hydrogen-bond donors (Lipinski definition) is 2. The normalized spacial score (nSPS) is 10.6. The maximum Gasteiger partial charge on any atom is 0.255 e. The number of aromatic nitrogens is 2. The standard InChI is InChI=1S/C17H18N4O/c1-3-21(2)15-7-4-12(5-8-15)17(22)19-14-6-9-16-13(10-14)11-18-20-16/h4-11H,3H2,1-2H3,(H,18,20)(H,19,22). The molecule has 22 heavy (non-hydrogen) atoms. The van der Waals surface area contributed by atoms with Gasteiger partial charge in [0.05, 0.1) is 11.7 Å². The molecule has 2 aromatic carbocycles. The second-order valence-corrected chi connectivity index (χ2v) is 5.19. The van der Waals surface area contributed by atoms with Crippen molar-refractivity contribution in [2.45, 2.75) is 6.92 Å². The Bertz CT molecular complexity index is 792. The molecule has 0 aliphatic carbocycles. The number of hydrogen-bond acceptors (Lipinski definition) is 3. The Morgan fingerprint density at radius 1 is 1.23 bits per heavy atom. The number of carbonyl (C=O) groups excluding carboxylic acids is 1. The lowest BCUT2D eigenvalue weighted by Gasteiger charge is -2.16. The Balaban J connectivity index is 1.75. The number of amides is 1. The Kier molecular flexibility index (Phi) is 3.78. The smallest absolute Gasteiger partial charge is 0.255 e. The first-order chi connectivity index (χ1) is 10.7. The van der Waals surface area contributed by atoms with E-state index in [1.165, 1.54) is 0 Å². The monoisotopic (exact) mass is 294 g/mol. The van der Waals surface area contributed by atoms with Crippen LogP contribution in [-0.4, -0.2) is 29.7 Å². The van der Waals surface area contributed by atoms with E-state index < -0.39 is 0 Å². The lowest BCUT2D eigenvalue weighted by atomic mass is 10.1. The number of aromatic amines is 1. The van der Waals surface area contributed by atoms with Gasteiger partial charge in [-0.15, -0.1) is 0 Å². The zero-order valence-electron chi connectivity index (χ0n) is 12.6. The van der Waals surface area contributed by atoms with Gasteiger partial charge >= 0.3 is 0 Å². The quantitative estimate of drug-likeness (QED) is 0.776. The molecule has 0 aliphatic rings. The number of fused-ring (bicyclic) bond motifs is 1. The SMILES string of the molecule is CCN(C)c1ccc(C(=O)Nc2ccc3[nH]ncc3c2)cc1. The fraction of sp³-hybridized carbons (Fsp3) is 0.176. The summed E-state index contributed by atoms with van der Waals surface area (Å²) in [5.41, 5.74) is 3.44. The summed E-state index contributed by atoms with van der Waals surface area (Å²) in [6.07, 6.45) is 1.74. The molecule has 3 aromatic rings. The van der Waals surface area contributed by atoms with Crippen LogP contribution in [0, 0.1) is 0 Å². The highest BCUT2D eigenvalue weighted by Gasteiger charge is 2.07. The highest BCUT2D eigenvalue weighted by Crippen LogP contribution is 2.18. The lowest BCUT2D eigenvalue weighted by Crippen LogP contribution is -2.16. The van der Waals surface area contributed by atoms with Gasteiger partial charge in [0, 0.05) is 35.9 Å². The van der Waals surface area contributed by atoms with Crippen LogP contribution >= 0.6 is 0 Å². The van der Waals surface area contributed by atoms with Crippen molar-refractivity contribution in [1.29, 1.82) is 0 Å². The number of rotatable bonds is 4. The molecule has 1 heterocycles. The van der Waals surface area contributed by atoms with Crippen molar-refractivity contribution < 1.29 is 4.79 Å². The summed E-state index contributed by atoms with van der Waals surface area (Å²) >= 11 is 0. The fourth-order valence-electron chi connectivity index (χ4n) is 2.27. The van der Waals surface area contributed by atoms with E-state index in [1.807, 2.05) is 49.5 Å². The predicted molar refractivity (Wildman–Crippen MR) is 89.4 cm³/mol. The zero-order chi connectivity index (χ0) is 15.5. The maximum atomic E-state index is 12.3. The predicted octanol–water partition coefficient (Wildman–Crippen LogP) is 3.27. The van der Waals surface area contributed by atoms with E-state index in [-0.39, 0.29) is 5.91 Å². The molecule has 0 saturated heterocycles. The molecule has 112 valence electrons. The van der Waals surface area contributed by atoms with E-state index in [9.17, 15) is 4.79 Å². The second kappa shape index (κ2) is 5.89. The molecule has 0 aliphatic heterocycles. The van der Waals surface area contributed by atoms with Crippen molar-refractivity contribution in [1.82, 2.24) is 10.2 Å².